The van der Waals surface area contributed by atoms with Crippen LogP contribution in [0.4, 0.5) is 11.6 Å². The van der Waals surface area contributed by atoms with E-state index in [0.717, 1.165) is 33.9 Å². The molecule has 7 atom stereocenters. The summed E-state index contributed by atoms with van der Waals surface area (Å²) in [5.74, 6) is -3.49. The monoisotopic (exact) mass is 786 g/mol. The standard InChI is InChI=1S/C34H42N8O14/c1-17(53-32-34(49,39-18(2)43)29(55-21(5)46)28(54-20(4)45)25(56-32)15-52-19(3)44)27(47)24-14-35-30-26(37-24)31(48)41(33(38-30)36-16-40(6)7)13-12-22-8-10-23(11-9-22)42(50)51/h8-11,14,16-17,25,27-29,32,47,49H,12-13,15H2,1-7H3,(H,39,43)/b36-16+/t17-,25+,27-,28+,29-,32+,34+/m0/s1. The molecule has 1 aliphatic heterocycles. The average Bonchev–Trinajstić information content (AvgIpc) is 3.11. The minimum absolute atomic E-state index is 0.0122. The molecule has 1 aliphatic rings. The lowest BCUT2D eigenvalue weighted by Gasteiger charge is -2.50. The molecule has 1 saturated heterocycles. The molecule has 56 heavy (non-hydrogen) atoms. The highest BCUT2D eigenvalue weighted by molar-refractivity contribution is 5.74. The van der Waals surface area contributed by atoms with Crippen LogP contribution in [-0.4, -0.2) is 127 Å². The zero-order valence-electron chi connectivity index (χ0n) is 31.5. The molecule has 302 valence electrons. The highest BCUT2D eigenvalue weighted by Gasteiger charge is 2.61. The number of aliphatic imine (C=N–C) groups is 1. The lowest BCUT2D eigenvalue weighted by Crippen LogP contribution is -2.75. The smallest absolute Gasteiger partial charge is 0.303 e. The first kappa shape index (κ1) is 42.8. The van der Waals surface area contributed by atoms with E-state index < -0.39 is 83.4 Å². The van der Waals surface area contributed by atoms with Crippen molar-refractivity contribution >= 4 is 53.0 Å². The number of amides is 1. The summed E-state index contributed by atoms with van der Waals surface area (Å²) >= 11 is 0. The Bertz CT molecular complexity index is 2040. The summed E-state index contributed by atoms with van der Waals surface area (Å²) in [5, 5.41) is 36.6. The number of nitro benzene ring substituents is 1. The minimum Gasteiger partial charge on any atom is -0.463 e. The van der Waals surface area contributed by atoms with Gasteiger partial charge in [0.1, 0.15) is 18.8 Å². The molecule has 22 nitrogen and oxygen atoms in total. The quantitative estimate of drug-likeness (QED) is 0.0347. The van der Waals surface area contributed by atoms with Crippen molar-refractivity contribution in [3.8, 4) is 0 Å². The van der Waals surface area contributed by atoms with Crippen molar-refractivity contribution in [3.63, 3.8) is 0 Å². The number of ether oxygens (including phenoxy) is 5. The Morgan fingerprint density at radius 1 is 1.11 bits per heavy atom. The predicted octanol–water partition coefficient (Wildman–Crippen LogP) is -0.0266. The van der Waals surface area contributed by atoms with Crippen LogP contribution in [0.1, 0.15) is 52.0 Å². The highest BCUT2D eigenvalue weighted by atomic mass is 16.7. The lowest BCUT2D eigenvalue weighted by molar-refractivity contribution is -0.384. The molecule has 0 saturated carbocycles. The van der Waals surface area contributed by atoms with E-state index in [0.29, 0.717) is 5.56 Å². The first-order valence-corrected chi connectivity index (χ1v) is 17.0. The Balaban J connectivity index is 1.71. The maximum Gasteiger partial charge on any atom is 0.303 e. The number of hydrogen-bond donors (Lipinski definition) is 3. The molecule has 3 heterocycles. The van der Waals surface area contributed by atoms with Crippen LogP contribution in [0.5, 0.6) is 0 Å². The van der Waals surface area contributed by atoms with Gasteiger partial charge in [0.15, 0.2) is 23.4 Å². The fourth-order valence-corrected chi connectivity index (χ4v) is 5.61. The number of carbonyl (C=O) groups is 4. The zero-order chi connectivity index (χ0) is 41.5. The Hall–Kier alpha value is -5.97. The number of benzene rings is 1. The van der Waals surface area contributed by atoms with Gasteiger partial charge in [-0.3, -0.25) is 38.7 Å². The number of carbonyl (C=O) groups excluding carboxylic acids is 4. The first-order valence-electron chi connectivity index (χ1n) is 17.0. The van der Waals surface area contributed by atoms with Crippen LogP contribution in [0.15, 0.2) is 40.2 Å². The summed E-state index contributed by atoms with van der Waals surface area (Å²) in [7, 11) is 3.43. The number of nitro groups is 1. The summed E-state index contributed by atoms with van der Waals surface area (Å²) < 4.78 is 28.8. The van der Waals surface area contributed by atoms with Crippen LogP contribution < -0.4 is 10.9 Å². The van der Waals surface area contributed by atoms with E-state index in [9.17, 15) is 44.3 Å². The van der Waals surface area contributed by atoms with E-state index in [-0.39, 0.29) is 41.5 Å². The van der Waals surface area contributed by atoms with Crippen LogP contribution in [-0.2, 0) is 55.8 Å². The van der Waals surface area contributed by atoms with Crippen LogP contribution >= 0.6 is 0 Å². The van der Waals surface area contributed by atoms with E-state index in [1.54, 1.807) is 31.1 Å². The summed E-state index contributed by atoms with van der Waals surface area (Å²) in [6, 6.07) is 5.80. The molecule has 0 bridgehead atoms. The normalized spacial score (nSPS) is 21.9. The number of fused-ring (bicyclic) bond motifs is 1. The topological polar surface area (TPSA) is 286 Å². The molecule has 0 unspecified atom stereocenters. The number of aryl methyl sites for hydroxylation is 1. The van der Waals surface area contributed by atoms with E-state index >= 15 is 0 Å². The van der Waals surface area contributed by atoms with Crippen molar-refractivity contribution < 1.29 is 58.0 Å². The second-order valence-electron chi connectivity index (χ2n) is 12.9. The van der Waals surface area contributed by atoms with Gasteiger partial charge in [0.05, 0.1) is 29.3 Å². The summed E-state index contributed by atoms with van der Waals surface area (Å²) in [4.78, 5) is 91.7. The van der Waals surface area contributed by atoms with Crippen molar-refractivity contribution in [2.24, 2.45) is 4.99 Å². The van der Waals surface area contributed by atoms with E-state index in [1.807, 2.05) is 0 Å². The number of aromatic nitrogens is 4. The number of nitrogens with one attached hydrogen (secondary N) is 1. The Labute approximate surface area is 318 Å². The van der Waals surface area contributed by atoms with Crippen molar-refractivity contribution in [3.05, 3.63) is 62.2 Å². The van der Waals surface area contributed by atoms with Crippen LogP contribution in [0.25, 0.3) is 11.2 Å². The molecule has 1 amide bonds. The number of esters is 3. The van der Waals surface area contributed by atoms with Gasteiger partial charge in [-0.15, -0.1) is 0 Å². The molecular weight excluding hydrogens is 744 g/mol. The average molecular weight is 787 g/mol. The summed E-state index contributed by atoms with van der Waals surface area (Å²) in [5.41, 5.74) is -3.42. The van der Waals surface area contributed by atoms with Crippen molar-refractivity contribution in [1.82, 2.24) is 29.7 Å². The third-order valence-corrected chi connectivity index (χ3v) is 8.11. The SMILES string of the molecule is CC(=O)N[C@]1(O)[C@H](O[C@@H](C)[C@H](O)c2cnc3nc(/N=C/N(C)C)n(CCc4ccc([N+](=O)[O-])cc4)c(=O)c3n2)O[C@H](COC(C)=O)[C@@H](OC(C)=O)[C@@H]1OC(C)=O. The molecule has 0 spiro atoms. The third kappa shape index (κ3) is 10.4. The molecule has 2 aromatic heterocycles. The van der Waals surface area contributed by atoms with Gasteiger partial charge < -0.3 is 44.1 Å². The summed E-state index contributed by atoms with van der Waals surface area (Å²) in [6.07, 6.45) is -7.25. The van der Waals surface area contributed by atoms with Crippen LogP contribution in [0, 0.1) is 10.1 Å². The molecule has 4 rings (SSSR count). The molecule has 1 fully saturated rings. The van der Waals surface area contributed by atoms with Crippen molar-refractivity contribution in [1.29, 1.82) is 0 Å². The van der Waals surface area contributed by atoms with Gasteiger partial charge in [0.25, 0.3) is 11.2 Å². The zero-order valence-corrected chi connectivity index (χ0v) is 31.5. The maximum absolute atomic E-state index is 13.9. The van der Waals surface area contributed by atoms with Gasteiger partial charge in [-0.25, -0.2) is 15.0 Å². The van der Waals surface area contributed by atoms with Crippen molar-refractivity contribution in [2.75, 3.05) is 20.7 Å². The molecule has 3 aromatic rings. The number of rotatable bonds is 15. The molecular formula is C34H42N8O14. The molecule has 0 aliphatic carbocycles. The minimum atomic E-state index is -2.77. The van der Waals surface area contributed by atoms with Gasteiger partial charge in [-0.1, -0.05) is 12.1 Å². The van der Waals surface area contributed by atoms with E-state index in [2.05, 4.69) is 25.3 Å². The Kier molecular flexibility index (Phi) is 13.8. The van der Waals surface area contributed by atoms with Gasteiger partial charge >= 0.3 is 17.9 Å². The second-order valence-corrected chi connectivity index (χ2v) is 12.9. The number of aliphatic hydroxyl groups excluding tert-OH is 1. The fraction of sp³-hybridized carbons (Fsp3) is 0.500. The van der Waals surface area contributed by atoms with Gasteiger partial charge in [0.2, 0.25) is 23.9 Å². The van der Waals surface area contributed by atoms with Gasteiger partial charge in [0, 0.05) is 60.5 Å². The lowest BCUT2D eigenvalue weighted by atomic mass is 9.92. The van der Waals surface area contributed by atoms with E-state index in [4.69, 9.17) is 23.7 Å². The molecule has 22 heteroatoms. The van der Waals surface area contributed by atoms with Crippen LogP contribution in [0.3, 0.4) is 0 Å². The van der Waals surface area contributed by atoms with Gasteiger partial charge in [-0.05, 0) is 18.9 Å². The van der Waals surface area contributed by atoms with Crippen molar-refractivity contribution in [2.45, 2.75) is 90.1 Å². The molecule has 1 aromatic carbocycles. The third-order valence-electron chi connectivity index (χ3n) is 8.11. The van der Waals surface area contributed by atoms with Gasteiger partial charge in [-0.2, -0.15) is 4.98 Å². The number of non-ortho nitro benzene ring substituents is 1. The second kappa shape index (κ2) is 18.1. The number of aliphatic hydroxyl groups is 2. The number of nitrogens with zero attached hydrogens (tertiary/aromatic N) is 7. The van der Waals surface area contributed by atoms with Crippen LogP contribution in [0.2, 0.25) is 0 Å². The summed E-state index contributed by atoms with van der Waals surface area (Å²) in [6.45, 7) is 4.91. The fourth-order valence-electron chi connectivity index (χ4n) is 5.61. The number of hydrogen-bond acceptors (Lipinski definition) is 18. The first-order chi connectivity index (χ1) is 26.3. The Morgan fingerprint density at radius 2 is 1.77 bits per heavy atom. The highest BCUT2D eigenvalue weighted by Crippen LogP contribution is 2.35. The Morgan fingerprint density at radius 3 is 2.34 bits per heavy atom. The predicted molar refractivity (Wildman–Crippen MR) is 191 cm³/mol. The maximum atomic E-state index is 13.9. The molecule has 0 radical (unpaired) electrons. The molecule has 3 N–H and O–H groups in total. The largest absolute Gasteiger partial charge is 0.463 e. The van der Waals surface area contributed by atoms with E-state index in [1.165, 1.54) is 30.0 Å².